The summed E-state index contributed by atoms with van der Waals surface area (Å²) in [5.74, 6) is 0. The van der Waals surface area contributed by atoms with E-state index in [1.54, 1.807) is 11.7 Å². The Bertz CT molecular complexity index is 435. The van der Waals surface area contributed by atoms with Crippen molar-refractivity contribution in [2.75, 3.05) is 13.2 Å². The smallest absolute Gasteiger partial charge is 0.393 e. The van der Waals surface area contributed by atoms with Gasteiger partial charge in [0.15, 0.2) is 0 Å². The summed E-state index contributed by atoms with van der Waals surface area (Å²) in [7, 11) is 1.77. The van der Waals surface area contributed by atoms with Crippen LogP contribution in [-0.2, 0) is 24.6 Å². The molecule has 8 heteroatoms. The van der Waals surface area contributed by atoms with Crippen molar-refractivity contribution in [2.24, 2.45) is 7.05 Å². The van der Waals surface area contributed by atoms with Crippen LogP contribution in [-0.4, -0.2) is 40.4 Å². The molecular weight excluding hydrogens is 341 g/mol. The van der Waals surface area contributed by atoms with E-state index in [1.165, 1.54) is 0 Å². The molecule has 1 heterocycles. The molecule has 0 spiro atoms. The lowest BCUT2D eigenvalue weighted by molar-refractivity contribution is -0.175. The number of hydrogen-bond donors (Lipinski definition) is 1. The van der Waals surface area contributed by atoms with Gasteiger partial charge in [-0.25, -0.2) is 0 Å². The van der Waals surface area contributed by atoms with Crippen LogP contribution < -0.4 is 0 Å². The van der Waals surface area contributed by atoms with E-state index in [1.807, 2.05) is 6.92 Å². The lowest BCUT2D eigenvalue weighted by Crippen LogP contribution is -2.20. The first-order valence-electron chi connectivity index (χ1n) is 6.27. The fourth-order valence-electron chi connectivity index (χ4n) is 1.77. The van der Waals surface area contributed by atoms with E-state index in [-0.39, 0.29) is 13.0 Å². The molecule has 1 unspecified atom stereocenters. The van der Waals surface area contributed by atoms with Gasteiger partial charge in [-0.15, -0.1) is 0 Å². The van der Waals surface area contributed by atoms with Gasteiger partial charge in [-0.3, -0.25) is 4.68 Å². The first-order valence-corrected chi connectivity index (χ1v) is 7.06. The van der Waals surface area contributed by atoms with Crippen LogP contribution in [0.4, 0.5) is 13.2 Å². The topological polar surface area (TPSA) is 47.3 Å². The Labute approximate surface area is 124 Å². The highest BCUT2D eigenvalue weighted by Gasteiger charge is 2.27. The highest BCUT2D eigenvalue weighted by Crippen LogP contribution is 2.23. The highest BCUT2D eigenvalue weighted by atomic mass is 79.9. The molecule has 4 nitrogen and oxygen atoms in total. The normalized spacial score (nSPS) is 13.8. The van der Waals surface area contributed by atoms with Crippen molar-refractivity contribution in [1.29, 1.82) is 0 Å². The Kier molecular flexibility index (Phi) is 6.47. The third kappa shape index (κ3) is 5.41. The molecule has 1 aromatic heterocycles. The average molecular weight is 359 g/mol. The van der Waals surface area contributed by atoms with Crippen molar-refractivity contribution in [3.8, 4) is 0 Å². The van der Waals surface area contributed by atoms with Crippen molar-refractivity contribution in [3.05, 3.63) is 15.9 Å². The zero-order valence-electron chi connectivity index (χ0n) is 11.4. The largest absolute Gasteiger partial charge is 0.411 e. The maximum absolute atomic E-state index is 11.9. The minimum atomic E-state index is -4.33. The molecule has 1 rings (SSSR count). The van der Waals surface area contributed by atoms with Gasteiger partial charge in [0.2, 0.25) is 0 Å². The Morgan fingerprint density at radius 3 is 2.60 bits per heavy atom. The molecule has 0 amide bonds. The number of aliphatic hydroxyl groups is 1. The summed E-state index contributed by atoms with van der Waals surface area (Å²) in [6, 6.07) is 0. The molecule has 0 bridgehead atoms. The number of rotatable bonds is 7. The Morgan fingerprint density at radius 2 is 2.10 bits per heavy atom. The number of alkyl halides is 3. The first-order chi connectivity index (χ1) is 9.24. The van der Waals surface area contributed by atoms with Gasteiger partial charge in [-0.05, 0) is 28.8 Å². The van der Waals surface area contributed by atoms with E-state index < -0.39 is 18.9 Å². The summed E-state index contributed by atoms with van der Waals surface area (Å²) >= 11 is 3.42. The second kappa shape index (κ2) is 7.42. The van der Waals surface area contributed by atoms with E-state index in [0.29, 0.717) is 6.42 Å². The van der Waals surface area contributed by atoms with Crippen molar-refractivity contribution in [1.82, 2.24) is 9.78 Å². The Balaban J connectivity index is 2.43. The quantitative estimate of drug-likeness (QED) is 0.762. The van der Waals surface area contributed by atoms with Crippen molar-refractivity contribution < 1.29 is 23.0 Å². The van der Waals surface area contributed by atoms with Crippen LogP contribution in [0.2, 0.25) is 0 Å². The van der Waals surface area contributed by atoms with E-state index >= 15 is 0 Å². The van der Waals surface area contributed by atoms with Crippen LogP contribution in [0.1, 0.15) is 24.7 Å². The Hall–Kier alpha value is -0.600. The minimum absolute atomic E-state index is 0.128. The fourth-order valence-corrected chi connectivity index (χ4v) is 2.55. The molecule has 1 N–H and O–H groups in total. The lowest BCUT2D eigenvalue weighted by Gasteiger charge is -2.12. The van der Waals surface area contributed by atoms with Crippen LogP contribution in [0.3, 0.4) is 0 Å². The summed E-state index contributed by atoms with van der Waals surface area (Å²) in [6.45, 7) is 0.560. The van der Waals surface area contributed by atoms with Gasteiger partial charge in [0.25, 0.3) is 0 Å². The van der Waals surface area contributed by atoms with Crippen molar-refractivity contribution in [3.63, 3.8) is 0 Å². The number of aliphatic hydroxyl groups excluding tert-OH is 1. The average Bonchev–Trinajstić information content (AvgIpc) is 2.61. The van der Waals surface area contributed by atoms with Crippen LogP contribution in [0, 0.1) is 0 Å². The van der Waals surface area contributed by atoms with E-state index in [2.05, 4.69) is 25.8 Å². The summed E-state index contributed by atoms with van der Waals surface area (Å²) in [5.41, 5.74) is 1.72. The summed E-state index contributed by atoms with van der Waals surface area (Å²) in [6.07, 6.45) is -3.86. The van der Waals surface area contributed by atoms with E-state index in [9.17, 15) is 18.3 Å². The fraction of sp³-hybridized carbons (Fsp3) is 0.750. The van der Waals surface area contributed by atoms with Crippen LogP contribution in [0.15, 0.2) is 4.47 Å². The minimum Gasteiger partial charge on any atom is -0.393 e. The standard InChI is InChI=1S/C12H18BrF3N2O2/c1-3-9-11(13)10(18(2)17-9)6-8(19)4-5-20-7-12(14,15)16/h8,19H,3-7H2,1-2H3. The monoisotopic (exact) mass is 358 g/mol. The van der Waals surface area contributed by atoms with Gasteiger partial charge in [0.1, 0.15) is 6.61 Å². The number of hydrogen-bond acceptors (Lipinski definition) is 3. The zero-order chi connectivity index (χ0) is 15.3. The predicted molar refractivity (Wildman–Crippen MR) is 71.5 cm³/mol. The second-order valence-electron chi connectivity index (χ2n) is 4.50. The van der Waals surface area contributed by atoms with Crippen LogP contribution in [0.25, 0.3) is 0 Å². The third-order valence-corrected chi connectivity index (χ3v) is 3.71. The maximum Gasteiger partial charge on any atom is 0.411 e. The molecule has 20 heavy (non-hydrogen) atoms. The molecule has 0 aliphatic rings. The number of ether oxygens (including phenoxy) is 1. The predicted octanol–water partition coefficient (Wildman–Crippen LogP) is 2.62. The number of aryl methyl sites for hydroxylation is 2. The maximum atomic E-state index is 11.9. The molecule has 0 saturated heterocycles. The van der Waals surface area contributed by atoms with Crippen LogP contribution >= 0.6 is 15.9 Å². The second-order valence-corrected chi connectivity index (χ2v) is 5.29. The molecule has 1 aromatic rings. The summed E-state index contributed by atoms with van der Waals surface area (Å²) in [5, 5.41) is 14.1. The molecule has 0 aliphatic heterocycles. The zero-order valence-corrected chi connectivity index (χ0v) is 13.0. The number of nitrogens with zero attached hydrogens (tertiary/aromatic N) is 2. The molecule has 1 atom stereocenters. The molecule has 0 fully saturated rings. The highest BCUT2D eigenvalue weighted by molar-refractivity contribution is 9.10. The lowest BCUT2D eigenvalue weighted by atomic mass is 10.1. The van der Waals surface area contributed by atoms with Gasteiger partial charge in [0, 0.05) is 20.1 Å². The summed E-state index contributed by atoms with van der Waals surface area (Å²) < 4.78 is 42.6. The van der Waals surface area contributed by atoms with Gasteiger partial charge in [0.05, 0.1) is 22.0 Å². The van der Waals surface area contributed by atoms with E-state index in [0.717, 1.165) is 22.3 Å². The van der Waals surface area contributed by atoms with Gasteiger partial charge in [-0.1, -0.05) is 6.92 Å². The third-order valence-electron chi connectivity index (χ3n) is 2.79. The van der Waals surface area contributed by atoms with Crippen LogP contribution in [0.5, 0.6) is 0 Å². The Morgan fingerprint density at radius 1 is 1.45 bits per heavy atom. The molecule has 0 aliphatic carbocycles. The van der Waals surface area contributed by atoms with Gasteiger partial charge in [-0.2, -0.15) is 18.3 Å². The van der Waals surface area contributed by atoms with Gasteiger partial charge >= 0.3 is 6.18 Å². The molecular formula is C12H18BrF3N2O2. The molecule has 0 aromatic carbocycles. The van der Waals surface area contributed by atoms with Crippen molar-refractivity contribution >= 4 is 15.9 Å². The summed E-state index contributed by atoms with van der Waals surface area (Å²) in [4.78, 5) is 0. The van der Waals surface area contributed by atoms with Crippen molar-refractivity contribution in [2.45, 2.75) is 38.5 Å². The van der Waals surface area contributed by atoms with E-state index in [4.69, 9.17) is 0 Å². The first kappa shape index (κ1) is 17.5. The SMILES string of the molecule is CCc1nn(C)c(CC(O)CCOCC(F)(F)F)c1Br. The molecule has 116 valence electrons. The number of aromatic nitrogens is 2. The molecule has 0 saturated carbocycles. The molecule has 0 radical (unpaired) electrons. The number of halogens is 4. The van der Waals surface area contributed by atoms with Gasteiger partial charge < -0.3 is 9.84 Å².